The third kappa shape index (κ3) is 4.64. The summed E-state index contributed by atoms with van der Waals surface area (Å²) in [5.41, 5.74) is 0.0894. The molecule has 0 atom stereocenters. The molecule has 2 N–H and O–H groups in total. The van der Waals surface area contributed by atoms with E-state index in [1.165, 1.54) is 55.0 Å². The van der Waals surface area contributed by atoms with Crippen molar-refractivity contribution in [1.82, 2.24) is 9.97 Å². The van der Waals surface area contributed by atoms with Crippen molar-refractivity contribution in [1.29, 1.82) is 0 Å². The Hall–Kier alpha value is -4.73. The monoisotopic (exact) mass is 447 g/mol. The van der Waals surface area contributed by atoms with Crippen molar-refractivity contribution in [3.05, 3.63) is 76.8 Å². The number of phenolic OH excluding ortho intramolecular Hbond substituents is 1. The fourth-order valence-corrected chi connectivity index (χ4v) is 3.00. The van der Waals surface area contributed by atoms with Gasteiger partial charge in [0, 0.05) is 30.7 Å². The summed E-state index contributed by atoms with van der Waals surface area (Å²) in [5.74, 6) is -1.02. The quantitative estimate of drug-likeness (QED) is 0.438. The first-order chi connectivity index (χ1) is 16.0. The predicted molar refractivity (Wildman–Crippen MR) is 117 cm³/mol. The first-order valence-electron chi connectivity index (χ1n) is 9.78. The van der Waals surface area contributed by atoms with Crippen molar-refractivity contribution >= 4 is 28.7 Å². The average Bonchev–Trinajstić information content (AvgIpc) is 2.80. The van der Waals surface area contributed by atoms with E-state index >= 15 is 0 Å². The zero-order valence-electron chi connectivity index (χ0n) is 17.3. The third-order valence-electron chi connectivity index (χ3n) is 4.48. The predicted octanol–water partition coefficient (Wildman–Crippen LogP) is 3.74. The molecule has 10 heteroatoms. The molecule has 0 aliphatic carbocycles. The smallest absolute Gasteiger partial charge is 0.411 e. The third-order valence-corrected chi connectivity index (χ3v) is 4.48. The van der Waals surface area contributed by atoms with Crippen molar-refractivity contribution in [2.24, 2.45) is 0 Å². The van der Waals surface area contributed by atoms with Crippen LogP contribution in [0.4, 0.5) is 10.5 Å². The molecule has 4 aromatic rings. The molecule has 4 rings (SSSR count). The number of aromatic nitrogens is 2. The van der Waals surface area contributed by atoms with E-state index in [9.17, 15) is 19.5 Å². The van der Waals surface area contributed by atoms with Gasteiger partial charge < -0.3 is 19.0 Å². The molecule has 0 saturated carbocycles. The van der Waals surface area contributed by atoms with Gasteiger partial charge in [-0.05, 0) is 31.2 Å². The normalized spacial score (nSPS) is 10.6. The molecule has 0 spiro atoms. The Bertz CT molecular complexity index is 1400. The number of phenols is 1. The highest BCUT2D eigenvalue weighted by Crippen LogP contribution is 2.33. The fraction of sp³-hybridized carbons (Fsp3) is 0.0870. The number of aromatic hydroxyl groups is 1. The standard InChI is InChI=1S/C23H17N3O7/c1-2-31-23(30)26-16-9-20(33-22(29)13-5-4-8-24-11-13)25-12-15(16)19-10-18(28)14-6-3-7-17(27)21(14)32-19/h3-12,27H,2H2,1H3,(H,25,26,30). The lowest BCUT2D eigenvalue weighted by Crippen LogP contribution is -2.15. The molecular weight excluding hydrogens is 430 g/mol. The summed E-state index contributed by atoms with van der Waals surface area (Å²) >= 11 is 0. The van der Waals surface area contributed by atoms with Gasteiger partial charge in [-0.25, -0.2) is 14.6 Å². The number of carbonyl (C=O) groups excluding carboxylic acids is 2. The number of para-hydroxylation sites is 1. The van der Waals surface area contributed by atoms with Gasteiger partial charge in [-0.15, -0.1) is 0 Å². The molecule has 1 amide bonds. The summed E-state index contributed by atoms with van der Waals surface area (Å²) in [6.07, 6.45) is 3.34. The van der Waals surface area contributed by atoms with Crippen LogP contribution in [0.25, 0.3) is 22.3 Å². The maximum absolute atomic E-state index is 12.6. The highest BCUT2D eigenvalue weighted by atomic mass is 16.5. The summed E-state index contributed by atoms with van der Waals surface area (Å²) in [5, 5.41) is 12.8. The number of rotatable bonds is 5. The first kappa shape index (κ1) is 21.5. The van der Waals surface area contributed by atoms with Gasteiger partial charge in [0.15, 0.2) is 16.8 Å². The Morgan fingerprint density at radius 3 is 2.76 bits per heavy atom. The lowest BCUT2D eigenvalue weighted by Gasteiger charge is -2.12. The van der Waals surface area contributed by atoms with E-state index in [-0.39, 0.29) is 51.8 Å². The van der Waals surface area contributed by atoms with E-state index in [4.69, 9.17) is 13.9 Å². The molecular formula is C23H17N3O7. The number of ether oxygens (including phenoxy) is 2. The van der Waals surface area contributed by atoms with Gasteiger partial charge in [-0.1, -0.05) is 6.07 Å². The van der Waals surface area contributed by atoms with Crippen LogP contribution >= 0.6 is 0 Å². The second-order valence-electron chi connectivity index (χ2n) is 6.67. The lowest BCUT2D eigenvalue weighted by molar-refractivity contribution is 0.0727. The first-order valence-corrected chi connectivity index (χ1v) is 9.78. The van der Waals surface area contributed by atoms with E-state index < -0.39 is 17.5 Å². The highest BCUT2D eigenvalue weighted by molar-refractivity contribution is 5.93. The zero-order valence-corrected chi connectivity index (χ0v) is 17.3. The van der Waals surface area contributed by atoms with Gasteiger partial charge in [-0.2, -0.15) is 0 Å². The molecule has 0 aliphatic rings. The number of nitrogens with zero attached hydrogens (tertiary/aromatic N) is 2. The highest BCUT2D eigenvalue weighted by Gasteiger charge is 2.18. The number of fused-ring (bicyclic) bond motifs is 1. The van der Waals surface area contributed by atoms with Gasteiger partial charge in [0.05, 0.1) is 28.8 Å². The van der Waals surface area contributed by atoms with Crippen molar-refractivity contribution in [2.45, 2.75) is 6.92 Å². The number of nitrogens with one attached hydrogen (secondary N) is 1. The molecule has 0 fully saturated rings. The largest absolute Gasteiger partial charge is 0.504 e. The molecule has 3 aromatic heterocycles. The Morgan fingerprint density at radius 1 is 1.15 bits per heavy atom. The van der Waals surface area contributed by atoms with Crippen LogP contribution in [0.1, 0.15) is 17.3 Å². The molecule has 10 nitrogen and oxygen atoms in total. The maximum Gasteiger partial charge on any atom is 0.411 e. The number of pyridine rings is 2. The minimum atomic E-state index is -0.777. The van der Waals surface area contributed by atoms with Gasteiger partial charge >= 0.3 is 12.1 Å². The summed E-state index contributed by atoms with van der Waals surface area (Å²) < 4.78 is 15.9. The molecule has 0 aliphatic heterocycles. The Labute approximate surface area is 186 Å². The van der Waals surface area contributed by atoms with E-state index in [2.05, 4.69) is 15.3 Å². The van der Waals surface area contributed by atoms with Crippen molar-refractivity contribution < 1.29 is 28.6 Å². The molecule has 0 bridgehead atoms. The van der Waals surface area contributed by atoms with Gasteiger partial charge in [0.25, 0.3) is 0 Å². The van der Waals surface area contributed by atoms with Gasteiger partial charge in [0.2, 0.25) is 5.88 Å². The van der Waals surface area contributed by atoms with Crippen LogP contribution < -0.4 is 15.5 Å². The molecule has 166 valence electrons. The molecule has 33 heavy (non-hydrogen) atoms. The number of benzene rings is 1. The molecule has 1 aromatic carbocycles. The van der Waals surface area contributed by atoms with Gasteiger partial charge in [-0.3, -0.25) is 15.1 Å². The van der Waals surface area contributed by atoms with Crippen LogP contribution in [-0.2, 0) is 4.74 Å². The fourth-order valence-electron chi connectivity index (χ4n) is 3.00. The zero-order chi connectivity index (χ0) is 23.4. The van der Waals surface area contributed by atoms with E-state index in [1.54, 1.807) is 13.0 Å². The summed E-state index contributed by atoms with van der Waals surface area (Å²) in [6, 6.07) is 10.0. The topological polar surface area (TPSA) is 141 Å². The van der Waals surface area contributed by atoms with Crippen molar-refractivity contribution in [3.63, 3.8) is 0 Å². The Balaban J connectivity index is 1.77. The number of hydrogen-bond donors (Lipinski definition) is 2. The van der Waals surface area contributed by atoms with E-state index in [0.29, 0.717) is 0 Å². The number of esters is 1. The number of anilines is 1. The van der Waals surface area contributed by atoms with Crippen molar-refractivity contribution in [2.75, 3.05) is 11.9 Å². The average molecular weight is 447 g/mol. The molecule has 0 radical (unpaired) electrons. The maximum atomic E-state index is 12.6. The SMILES string of the molecule is CCOC(=O)Nc1cc(OC(=O)c2cccnc2)ncc1-c1cc(=O)c2cccc(O)c2o1. The molecule has 0 unspecified atom stereocenters. The summed E-state index contributed by atoms with van der Waals surface area (Å²) in [4.78, 5) is 44.9. The summed E-state index contributed by atoms with van der Waals surface area (Å²) in [6.45, 7) is 1.76. The van der Waals surface area contributed by atoms with E-state index in [1.807, 2.05) is 0 Å². The summed E-state index contributed by atoms with van der Waals surface area (Å²) in [7, 11) is 0. The van der Waals surface area contributed by atoms with Crippen LogP contribution in [0, 0.1) is 0 Å². The van der Waals surface area contributed by atoms with Crippen LogP contribution in [0.2, 0.25) is 0 Å². The lowest BCUT2D eigenvalue weighted by atomic mass is 10.1. The second kappa shape index (κ2) is 9.18. The van der Waals surface area contributed by atoms with Gasteiger partial charge in [0.1, 0.15) is 5.76 Å². The minimum absolute atomic E-state index is 0.0193. The minimum Gasteiger partial charge on any atom is -0.504 e. The van der Waals surface area contributed by atoms with Crippen LogP contribution in [-0.4, -0.2) is 33.7 Å². The van der Waals surface area contributed by atoms with Crippen LogP contribution in [0.15, 0.2) is 70.3 Å². The van der Waals surface area contributed by atoms with Crippen LogP contribution in [0.5, 0.6) is 11.6 Å². The van der Waals surface area contributed by atoms with E-state index in [0.717, 1.165) is 0 Å². The Morgan fingerprint density at radius 2 is 2.00 bits per heavy atom. The van der Waals surface area contributed by atoms with Crippen molar-refractivity contribution in [3.8, 4) is 23.0 Å². The number of amides is 1. The van der Waals surface area contributed by atoms with Crippen LogP contribution in [0.3, 0.4) is 0 Å². The molecule has 3 heterocycles. The number of hydrogen-bond acceptors (Lipinski definition) is 9. The second-order valence-corrected chi connectivity index (χ2v) is 6.67. The number of carbonyl (C=O) groups is 2. The molecule has 0 saturated heterocycles. The Kier molecular flexibility index (Phi) is 5.98.